The van der Waals surface area contributed by atoms with Crippen molar-refractivity contribution in [3.05, 3.63) is 66.5 Å². The van der Waals surface area contributed by atoms with Crippen LogP contribution >= 0.6 is 0 Å². The van der Waals surface area contributed by atoms with Gasteiger partial charge in [0.2, 0.25) is 0 Å². The summed E-state index contributed by atoms with van der Waals surface area (Å²) in [5, 5.41) is 7.74. The summed E-state index contributed by atoms with van der Waals surface area (Å²) in [7, 11) is 0. The Bertz CT molecular complexity index is 874. The number of amides is 1. The van der Waals surface area contributed by atoms with E-state index in [0.29, 0.717) is 5.56 Å². The van der Waals surface area contributed by atoms with Gasteiger partial charge in [0.25, 0.3) is 5.91 Å². The van der Waals surface area contributed by atoms with Crippen LogP contribution in [0.3, 0.4) is 0 Å². The van der Waals surface area contributed by atoms with Crippen molar-refractivity contribution < 1.29 is 4.79 Å². The average molecular weight is 363 g/mol. The van der Waals surface area contributed by atoms with Crippen LogP contribution in [0.1, 0.15) is 15.9 Å². The molecule has 3 aromatic rings. The summed E-state index contributed by atoms with van der Waals surface area (Å²) in [5.41, 5.74) is 2.60. The van der Waals surface area contributed by atoms with Gasteiger partial charge >= 0.3 is 0 Å². The van der Waals surface area contributed by atoms with E-state index in [9.17, 15) is 4.79 Å². The number of hydrogen-bond acceptors (Lipinski definition) is 6. The number of aromatic nitrogens is 5. The van der Waals surface area contributed by atoms with Gasteiger partial charge in [0, 0.05) is 51.3 Å². The third-order valence-corrected chi connectivity index (χ3v) is 4.78. The Hall–Kier alpha value is -3.13. The molecule has 1 fully saturated rings. The van der Waals surface area contributed by atoms with E-state index in [1.807, 2.05) is 17.3 Å². The van der Waals surface area contributed by atoms with Gasteiger partial charge in [-0.1, -0.05) is 5.21 Å². The van der Waals surface area contributed by atoms with Crippen LogP contribution < -0.4 is 0 Å². The minimum atomic E-state index is 0.0123. The SMILES string of the molecule is O=C(c1cncc(-n2ccnn2)c1)N1CCN(CCc2ccncc2)CC1. The first-order valence-electron chi connectivity index (χ1n) is 9.02. The maximum absolute atomic E-state index is 12.8. The van der Waals surface area contributed by atoms with Crippen LogP contribution in [0.15, 0.2) is 55.4 Å². The van der Waals surface area contributed by atoms with Crippen molar-refractivity contribution in [3.63, 3.8) is 0 Å². The van der Waals surface area contributed by atoms with E-state index in [1.165, 1.54) is 5.56 Å². The molecular formula is C19H21N7O. The van der Waals surface area contributed by atoms with Crippen molar-refractivity contribution in [1.82, 2.24) is 34.8 Å². The van der Waals surface area contributed by atoms with Gasteiger partial charge in [0.15, 0.2) is 0 Å². The van der Waals surface area contributed by atoms with E-state index in [1.54, 1.807) is 35.5 Å². The van der Waals surface area contributed by atoms with Crippen LogP contribution in [0.4, 0.5) is 0 Å². The molecule has 0 aliphatic carbocycles. The fourth-order valence-corrected chi connectivity index (χ4v) is 3.21. The Balaban J connectivity index is 1.33. The first-order valence-corrected chi connectivity index (χ1v) is 9.02. The smallest absolute Gasteiger partial charge is 0.255 e. The third kappa shape index (κ3) is 4.17. The van der Waals surface area contributed by atoms with Crippen molar-refractivity contribution >= 4 is 5.91 Å². The van der Waals surface area contributed by atoms with Crippen molar-refractivity contribution in [1.29, 1.82) is 0 Å². The fraction of sp³-hybridized carbons (Fsp3) is 0.316. The van der Waals surface area contributed by atoms with Crippen molar-refractivity contribution in [2.24, 2.45) is 0 Å². The van der Waals surface area contributed by atoms with E-state index < -0.39 is 0 Å². The normalized spacial score (nSPS) is 15.0. The van der Waals surface area contributed by atoms with Gasteiger partial charge in [-0.3, -0.25) is 19.7 Å². The predicted octanol–water partition coefficient (Wildman–Crippen LogP) is 1.06. The predicted molar refractivity (Wildman–Crippen MR) is 99.4 cm³/mol. The zero-order valence-corrected chi connectivity index (χ0v) is 15.0. The van der Waals surface area contributed by atoms with Crippen LogP contribution in [-0.2, 0) is 6.42 Å². The molecule has 0 radical (unpaired) electrons. The van der Waals surface area contributed by atoms with Gasteiger partial charge in [-0.15, -0.1) is 5.10 Å². The molecule has 0 spiro atoms. The molecule has 1 amide bonds. The standard InChI is InChI=1S/C19H21N7O/c27-19(17-13-18(15-21-14-17)26-8-6-22-23-26)25-11-9-24(10-12-25)7-3-16-1-4-20-5-2-16/h1-2,4-6,8,13-15H,3,7,9-12H2. The second kappa shape index (κ2) is 8.05. The molecule has 0 saturated carbocycles. The Morgan fingerprint density at radius 1 is 1.00 bits per heavy atom. The Labute approximate surface area is 157 Å². The summed E-state index contributed by atoms with van der Waals surface area (Å²) < 4.78 is 1.60. The molecule has 0 atom stereocenters. The molecule has 4 rings (SSSR count). The van der Waals surface area contributed by atoms with Crippen LogP contribution in [-0.4, -0.2) is 73.4 Å². The van der Waals surface area contributed by atoms with Crippen LogP contribution in [0.2, 0.25) is 0 Å². The lowest BCUT2D eigenvalue weighted by atomic mass is 10.1. The largest absolute Gasteiger partial charge is 0.336 e. The third-order valence-electron chi connectivity index (χ3n) is 4.78. The lowest BCUT2D eigenvalue weighted by molar-refractivity contribution is 0.0638. The minimum Gasteiger partial charge on any atom is -0.336 e. The monoisotopic (exact) mass is 363 g/mol. The van der Waals surface area contributed by atoms with Gasteiger partial charge in [-0.25, -0.2) is 4.68 Å². The van der Waals surface area contributed by atoms with Crippen molar-refractivity contribution in [2.75, 3.05) is 32.7 Å². The maximum Gasteiger partial charge on any atom is 0.255 e. The molecule has 4 heterocycles. The number of rotatable bonds is 5. The van der Waals surface area contributed by atoms with Gasteiger partial charge in [-0.2, -0.15) is 0 Å². The molecule has 3 aromatic heterocycles. The first-order chi connectivity index (χ1) is 13.3. The summed E-state index contributed by atoms with van der Waals surface area (Å²) >= 11 is 0. The number of nitrogens with zero attached hydrogens (tertiary/aromatic N) is 7. The quantitative estimate of drug-likeness (QED) is 0.674. The van der Waals surface area contributed by atoms with E-state index >= 15 is 0 Å². The Kier molecular flexibility index (Phi) is 5.15. The lowest BCUT2D eigenvalue weighted by Gasteiger charge is -2.34. The Morgan fingerprint density at radius 2 is 1.81 bits per heavy atom. The van der Waals surface area contributed by atoms with Gasteiger partial charge < -0.3 is 4.90 Å². The molecule has 1 aliphatic heterocycles. The highest BCUT2D eigenvalue weighted by molar-refractivity contribution is 5.94. The maximum atomic E-state index is 12.8. The lowest BCUT2D eigenvalue weighted by Crippen LogP contribution is -2.49. The van der Waals surface area contributed by atoms with Gasteiger partial charge in [-0.05, 0) is 30.2 Å². The number of pyridine rings is 2. The minimum absolute atomic E-state index is 0.0123. The molecule has 0 aromatic carbocycles. The summed E-state index contributed by atoms with van der Waals surface area (Å²) in [6, 6.07) is 5.91. The molecule has 1 saturated heterocycles. The van der Waals surface area contributed by atoms with E-state index in [2.05, 4.69) is 37.3 Å². The molecule has 8 heteroatoms. The highest BCUT2D eigenvalue weighted by Gasteiger charge is 2.22. The van der Waals surface area contributed by atoms with Gasteiger partial charge in [0.1, 0.15) is 0 Å². The van der Waals surface area contributed by atoms with Crippen LogP contribution in [0.5, 0.6) is 0 Å². The fourth-order valence-electron chi connectivity index (χ4n) is 3.21. The number of carbonyl (C=O) groups is 1. The second-order valence-electron chi connectivity index (χ2n) is 6.52. The van der Waals surface area contributed by atoms with E-state index in [4.69, 9.17) is 0 Å². The van der Waals surface area contributed by atoms with E-state index in [-0.39, 0.29) is 5.91 Å². The highest BCUT2D eigenvalue weighted by atomic mass is 16.2. The summed E-state index contributed by atoms with van der Waals surface area (Å²) in [6.45, 7) is 4.21. The van der Waals surface area contributed by atoms with Crippen molar-refractivity contribution in [3.8, 4) is 5.69 Å². The van der Waals surface area contributed by atoms with E-state index in [0.717, 1.165) is 44.8 Å². The molecule has 0 unspecified atom stereocenters. The van der Waals surface area contributed by atoms with Crippen molar-refractivity contribution in [2.45, 2.75) is 6.42 Å². The topological polar surface area (TPSA) is 80.0 Å². The highest BCUT2D eigenvalue weighted by Crippen LogP contribution is 2.12. The number of piperazine rings is 1. The summed E-state index contributed by atoms with van der Waals surface area (Å²) in [5.74, 6) is 0.0123. The molecule has 1 aliphatic rings. The average Bonchev–Trinajstić information content (AvgIpc) is 3.28. The zero-order chi connectivity index (χ0) is 18.5. The second-order valence-corrected chi connectivity index (χ2v) is 6.52. The van der Waals surface area contributed by atoms with Gasteiger partial charge in [0.05, 0.1) is 29.8 Å². The number of hydrogen-bond donors (Lipinski definition) is 0. The van der Waals surface area contributed by atoms with Crippen LogP contribution in [0.25, 0.3) is 5.69 Å². The summed E-state index contributed by atoms with van der Waals surface area (Å²) in [4.78, 5) is 25.3. The van der Waals surface area contributed by atoms with Crippen LogP contribution in [0, 0.1) is 0 Å². The zero-order valence-electron chi connectivity index (χ0n) is 15.0. The molecule has 27 heavy (non-hydrogen) atoms. The number of carbonyl (C=O) groups excluding carboxylic acids is 1. The first kappa shape index (κ1) is 17.3. The molecule has 0 bridgehead atoms. The molecule has 0 N–H and O–H groups in total. The molecule has 8 nitrogen and oxygen atoms in total. The Morgan fingerprint density at radius 3 is 2.56 bits per heavy atom. The molecule has 138 valence electrons. The summed E-state index contributed by atoms with van der Waals surface area (Å²) in [6.07, 6.45) is 11.3. The molecular weight excluding hydrogens is 342 g/mol.